The van der Waals surface area contributed by atoms with Crippen molar-refractivity contribution in [3.63, 3.8) is 0 Å². The number of methoxy groups -OCH3 is 2. The molecule has 2 heterocycles. The number of aliphatic hydroxyl groups is 3. The van der Waals surface area contributed by atoms with E-state index in [1.165, 1.54) is 14.2 Å². The first-order chi connectivity index (χ1) is 53.6. The van der Waals surface area contributed by atoms with Crippen molar-refractivity contribution in [3.8, 4) is 11.5 Å². The number of carbonyl (C=O) groups excluding carboxylic acids is 1. The van der Waals surface area contributed by atoms with E-state index in [1.807, 2.05) is 188 Å². The van der Waals surface area contributed by atoms with E-state index in [4.69, 9.17) is 80.0 Å². The number of aliphatic hydroxyl groups excluding tert-OH is 3. The van der Waals surface area contributed by atoms with Crippen LogP contribution in [0.4, 0.5) is 17.6 Å². The quantitative estimate of drug-likeness (QED) is 0.0248. The molecule has 2 aliphatic heterocycles. The Morgan fingerprint density at radius 1 is 0.382 bits per heavy atom. The first kappa shape index (κ1) is 82.2. The summed E-state index contributed by atoms with van der Waals surface area (Å²) in [6.45, 7) is -2.73. The average Bonchev–Trinajstić information content (AvgIpc) is 0.724. The Morgan fingerprint density at radius 2 is 0.691 bits per heavy atom. The molecule has 0 unspecified atom stereocenters. The maximum Gasteiger partial charge on any atom is 0.272 e. The van der Waals surface area contributed by atoms with Crippen LogP contribution in [0.1, 0.15) is 66.8 Å². The number of rotatable bonds is 36. The molecule has 0 radical (unpaired) electrons. The summed E-state index contributed by atoms with van der Waals surface area (Å²) in [5.74, 6) is -2.98. The fraction of sp³-hybridized carbons (Fsp3) is 0.307. The molecule has 9 atom stereocenters. The highest BCUT2D eigenvalue weighted by Gasteiger charge is 2.66. The maximum atomic E-state index is 13.4. The molecule has 0 aliphatic carbocycles. The molecule has 22 heteroatoms. The lowest BCUT2D eigenvalue weighted by atomic mass is 9.80. The van der Waals surface area contributed by atoms with Crippen LogP contribution in [-0.4, -0.2) is 130 Å². The maximum absolute atomic E-state index is 13.4. The molecule has 16 nitrogen and oxygen atoms in total. The zero-order valence-electron chi connectivity index (χ0n) is 60.7. The standard InChI is InChI=1S/C44H45ClF2O8.C44H43ClF2O8/c2*1-50-44(36-19-22-38(45)35(24-36)23-31-17-20-37(21-18-31)51-28-39(46)47)42(54-27-34-15-9-4-10-16-34)40(52-25-32-11-5-2-6-12-32)41(43(29-48,30-49)55-44)53-26-33-13-7-3-8-14-33/h2-22,24,39-42,48-49H,23,25-30H2,1H3;2-22,24,29,39-42,49H,23,25-28,30H2,1H3/t40-,41-,42+,44-;40-,41-,42+,43-,44-/m00/s1. The van der Waals surface area contributed by atoms with Crippen LogP contribution < -0.4 is 9.47 Å². The van der Waals surface area contributed by atoms with Crippen molar-refractivity contribution in [3.05, 3.63) is 344 Å². The van der Waals surface area contributed by atoms with Crippen LogP contribution in [0.2, 0.25) is 10.0 Å². The summed E-state index contributed by atoms with van der Waals surface area (Å²) < 4.78 is 128. The molecule has 10 aromatic carbocycles. The van der Waals surface area contributed by atoms with E-state index in [0.717, 1.165) is 44.5 Å². The third-order valence-corrected chi connectivity index (χ3v) is 19.9. The minimum atomic E-state index is -2.59. The Hall–Kier alpha value is -8.75. The molecule has 12 rings (SSSR count). The largest absolute Gasteiger partial charge is 0.488 e. The van der Waals surface area contributed by atoms with Gasteiger partial charge in [0.05, 0.1) is 59.5 Å². The van der Waals surface area contributed by atoms with Gasteiger partial charge in [-0.3, -0.25) is 4.79 Å². The Bertz CT molecular complexity index is 4400. The van der Waals surface area contributed by atoms with E-state index in [2.05, 4.69) is 0 Å². The zero-order valence-corrected chi connectivity index (χ0v) is 62.2. The van der Waals surface area contributed by atoms with E-state index in [0.29, 0.717) is 62.9 Å². The molecular formula is C88H88Cl2F4O16. The second kappa shape index (κ2) is 39.9. The molecule has 3 N–H and O–H groups in total. The molecule has 110 heavy (non-hydrogen) atoms. The van der Waals surface area contributed by atoms with Crippen LogP contribution >= 0.6 is 23.2 Å². The normalized spacial score (nSPS) is 21.6. The fourth-order valence-electron chi connectivity index (χ4n) is 13.5. The van der Waals surface area contributed by atoms with Gasteiger partial charge in [0.1, 0.15) is 66.9 Å². The Morgan fingerprint density at radius 3 is 1.00 bits per heavy atom. The fourth-order valence-corrected chi connectivity index (χ4v) is 13.9. The number of aldehydes is 1. The molecule has 0 saturated carbocycles. The summed E-state index contributed by atoms with van der Waals surface area (Å²) in [5.41, 5.74) is 5.46. The summed E-state index contributed by atoms with van der Waals surface area (Å²) >= 11 is 13.6. The van der Waals surface area contributed by atoms with Crippen LogP contribution in [0.3, 0.4) is 0 Å². The lowest BCUT2D eigenvalue weighted by molar-refractivity contribution is -0.417. The van der Waals surface area contributed by atoms with Gasteiger partial charge in [0.15, 0.2) is 11.9 Å². The highest BCUT2D eigenvalue weighted by Crippen LogP contribution is 2.50. The number of hydrogen-bond acceptors (Lipinski definition) is 16. The Kier molecular flexibility index (Phi) is 29.8. The van der Waals surface area contributed by atoms with Gasteiger partial charge in [-0.05, 0) is 117 Å². The minimum absolute atomic E-state index is 0.0814. The van der Waals surface area contributed by atoms with E-state index < -0.39 is 105 Å². The third-order valence-electron chi connectivity index (χ3n) is 19.2. The van der Waals surface area contributed by atoms with Gasteiger partial charge in [-0.25, -0.2) is 17.6 Å². The zero-order chi connectivity index (χ0) is 77.4. The van der Waals surface area contributed by atoms with Crippen molar-refractivity contribution in [2.24, 2.45) is 0 Å². The average molecular weight is 1550 g/mol. The Labute approximate surface area is 647 Å². The number of carbonyl (C=O) groups is 1. The number of hydrogen-bond donors (Lipinski definition) is 3. The van der Waals surface area contributed by atoms with Crippen molar-refractivity contribution in [2.45, 2.75) is 125 Å². The van der Waals surface area contributed by atoms with Crippen molar-refractivity contribution >= 4 is 29.5 Å². The van der Waals surface area contributed by atoms with Crippen LogP contribution in [-0.2, 0) is 116 Å². The van der Waals surface area contributed by atoms with Crippen LogP contribution in [0.5, 0.6) is 11.5 Å². The molecule has 2 saturated heterocycles. The predicted molar refractivity (Wildman–Crippen MR) is 407 cm³/mol. The first-order valence-corrected chi connectivity index (χ1v) is 36.6. The van der Waals surface area contributed by atoms with E-state index >= 15 is 0 Å². The van der Waals surface area contributed by atoms with E-state index in [9.17, 15) is 37.7 Å². The minimum Gasteiger partial charge on any atom is -0.488 e. The van der Waals surface area contributed by atoms with Gasteiger partial charge in [-0.2, -0.15) is 0 Å². The number of benzene rings is 10. The molecule has 2 aliphatic rings. The van der Waals surface area contributed by atoms with Crippen molar-refractivity contribution in [2.75, 3.05) is 47.3 Å². The lowest BCUT2D eigenvalue weighted by Gasteiger charge is -2.56. The van der Waals surface area contributed by atoms with Crippen molar-refractivity contribution in [1.29, 1.82) is 0 Å². The summed E-state index contributed by atoms with van der Waals surface area (Å²) in [5, 5.41) is 34.4. The van der Waals surface area contributed by atoms with Gasteiger partial charge in [-0.15, -0.1) is 0 Å². The molecule has 0 amide bonds. The second-order valence-corrected chi connectivity index (χ2v) is 27.4. The van der Waals surface area contributed by atoms with Crippen molar-refractivity contribution < 1.29 is 94.5 Å². The number of halogens is 6. The van der Waals surface area contributed by atoms with Crippen LogP contribution in [0, 0.1) is 0 Å². The van der Waals surface area contributed by atoms with Crippen LogP contribution in [0.25, 0.3) is 0 Å². The Balaban J connectivity index is 0.000000218. The topological polar surface area (TPSA) is 189 Å². The van der Waals surface area contributed by atoms with Gasteiger partial charge < -0.3 is 72.2 Å². The first-order valence-electron chi connectivity index (χ1n) is 35.9. The van der Waals surface area contributed by atoms with E-state index in [1.54, 1.807) is 78.9 Å². The third kappa shape index (κ3) is 20.7. The highest BCUT2D eigenvalue weighted by molar-refractivity contribution is 6.31. The second-order valence-electron chi connectivity index (χ2n) is 26.6. The van der Waals surface area contributed by atoms with Crippen LogP contribution in [0.15, 0.2) is 267 Å². The highest BCUT2D eigenvalue weighted by atomic mass is 35.5. The molecule has 0 bridgehead atoms. The van der Waals surface area contributed by atoms with Crippen molar-refractivity contribution in [1.82, 2.24) is 0 Å². The predicted octanol–water partition coefficient (Wildman–Crippen LogP) is 16.0. The van der Waals surface area contributed by atoms with Gasteiger partial charge in [0.2, 0.25) is 11.6 Å². The van der Waals surface area contributed by atoms with Gasteiger partial charge >= 0.3 is 0 Å². The summed E-state index contributed by atoms with van der Waals surface area (Å²) in [6.07, 6.45) is -10.3. The number of alkyl halides is 4. The monoisotopic (exact) mass is 1550 g/mol. The molecule has 10 aromatic rings. The molecule has 2 fully saturated rings. The molecule has 0 aromatic heterocycles. The summed E-state index contributed by atoms with van der Waals surface area (Å²) in [4.78, 5) is 13.4. The van der Waals surface area contributed by atoms with Gasteiger partial charge in [0.25, 0.3) is 12.9 Å². The molecular weight excluding hydrogens is 1460 g/mol. The van der Waals surface area contributed by atoms with E-state index in [-0.39, 0.29) is 39.6 Å². The summed E-state index contributed by atoms with van der Waals surface area (Å²) in [6, 6.07) is 81.5. The van der Waals surface area contributed by atoms with Gasteiger partial charge in [-0.1, -0.05) is 242 Å². The molecule has 578 valence electrons. The number of ether oxygens (including phenoxy) is 12. The SMILES string of the molecule is CO[C@@]1(c2ccc(Cl)c(Cc3ccc(OCC(F)F)cc3)c2)OC(CO)(CO)[C@@H](OCc2ccccc2)[C@H](OCc2ccccc2)[C@H]1OCc1ccccc1.CO[C@@]1(c2ccc(Cl)c(Cc3ccc(OCC(F)F)cc3)c2)O[C@@](C=O)(CO)[C@@H](OCc2ccccc2)[C@H](OCc2ccccc2)[C@H]1OCc1ccccc1. The summed E-state index contributed by atoms with van der Waals surface area (Å²) in [7, 11) is 2.92. The lowest BCUT2D eigenvalue weighted by Crippen LogP contribution is -2.72. The molecule has 0 spiro atoms. The smallest absolute Gasteiger partial charge is 0.272 e. The van der Waals surface area contributed by atoms with Gasteiger partial charge in [0, 0.05) is 35.4 Å².